The minimum Gasteiger partial charge on any atom is -0.860 e. The summed E-state index contributed by atoms with van der Waals surface area (Å²) in [6.45, 7) is 0. The Kier molecular flexibility index (Phi) is 18.5. The molecule has 0 amide bonds. The molecule has 0 spiro atoms. The highest BCUT2D eigenvalue weighted by Crippen LogP contribution is 2.59. The van der Waals surface area contributed by atoms with Crippen LogP contribution in [-0.4, -0.2) is 7.32 Å². The molecule has 0 heterocycles. The van der Waals surface area contributed by atoms with E-state index in [1.165, 1.54) is 43.0 Å². The van der Waals surface area contributed by atoms with E-state index in [0.29, 0.717) is 0 Å². The van der Waals surface area contributed by atoms with E-state index in [1.54, 1.807) is 0 Å². The molecule has 0 aliphatic carbocycles. The van der Waals surface area contributed by atoms with Crippen LogP contribution in [0.5, 0.6) is 5.75 Å². The van der Waals surface area contributed by atoms with Crippen LogP contribution in [0.15, 0.2) is 258 Å². The number of rotatable bonds is 12. The monoisotopic (exact) mass is 1130 g/mol. The third-order valence-electron chi connectivity index (χ3n) is 11.6. The van der Waals surface area contributed by atoms with E-state index >= 15 is 0 Å². The maximum absolute atomic E-state index is 12.3. The summed E-state index contributed by atoms with van der Waals surface area (Å²) in [6, 6.07) is 83.8. The molecule has 9 rings (SSSR count). The van der Waals surface area contributed by atoms with E-state index in [-0.39, 0.29) is 18.2 Å². The summed E-state index contributed by atoms with van der Waals surface area (Å²) in [6.07, 6.45) is -8.10. The average Bonchev–Trinajstić information content (AvgIpc) is 3.38. The van der Waals surface area contributed by atoms with E-state index in [4.69, 9.17) is 0 Å². The molecule has 3 nitrogen and oxygen atoms in total. The second-order valence-electron chi connectivity index (χ2n) is 16.4. The van der Waals surface area contributed by atoms with Crippen LogP contribution in [0.25, 0.3) is 0 Å². The summed E-state index contributed by atoms with van der Waals surface area (Å²) in [5.41, 5.74) is -0.607. The number of alkyl halides is 6. The Morgan fingerprint density at radius 1 is 0.361 bits per heavy atom. The molecule has 9 aromatic rings. The fourth-order valence-corrected chi connectivity index (χ4v) is 17.8. The van der Waals surface area contributed by atoms with Crippen LogP contribution < -0.4 is 46.5 Å². The van der Waals surface area contributed by atoms with Gasteiger partial charge in [0.05, 0.1) is 29.2 Å². The molecule has 9 aromatic carbocycles. The van der Waals surface area contributed by atoms with Crippen LogP contribution in [0.4, 0.5) is 26.3 Å². The Morgan fingerprint density at radius 2 is 0.625 bits per heavy atom. The summed E-state index contributed by atoms with van der Waals surface area (Å²) >= 11 is 7.30. The van der Waals surface area contributed by atoms with Crippen molar-refractivity contribution in [1.29, 1.82) is 0 Å². The maximum Gasteiger partial charge on any atom is 0.416 e. The van der Waals surface area contributed by atoms with Crippen LogP contribution in [0, 0.1) is 0 Å². The van der Waals surface area contributed by atoms with Crippen LogP contribution >= 0.6 is 46.4 Å². The van der Waals surface area contributed by atoms with E-state index in [2.05, 4.69) is 267 Å². The van der Waals surface area contributed by atoms with Crippen molar-refractivity contribution >= 4 is 85.5 Å². The molecule has 0 aliphatic heterocycles. The molecule has 72 heavy (non-hydrogen) atoms. The summed E-state index contributed by atoms with van der Waals surface area (Å²) in [4.78, 5) is 0. The van der Waals surface area contributed by atoms with Gasteiger partial charge in [-0.25, -0.2) is 0 Å². The first-order valence-corrected chi connectivity index (χ1v) is 28.0. The number of benzene rings is 9. The van der Waals surface area contributed by atoms with Crippen molar-refractivity contribution in [3.63, 3.8) is 0 Å². The summed E-state index contributed by atoms with van der Waals surface area (Å²) in [7, 11) is -6.65. The minimum atomic E-state index is -5.05. The van der Waals surface area contributed by atoms with Crippen molar-refractivity contribution in [3.05, 3.63) is 280 Å². The van der Waals surface area contributed by atoms with Gasteiger partial charge in [-0.1, -0.05) is 165 Å². The van der Waals surface area contributed by atoms with Crippen molar-refractivity contribution in [2.75, 3.05) is 0 Å². The highest BCUT2D eigenvalue weighted by Gasteiger charge is 2.47. The van der Waals surface area contributed by atoms with E-state index in [1.807, 2.05) is 0 Å². The Labute approximate surface area is 434 Å². The van der Waals surface area contributed by atoms with Gasteiger partial charge in [-0.15, -0.1) is 0 Å². The maximum atomic E-state index is 12.3. The van der Waals surface area contributed by atoms with E-state index in [0.717, 1.165) is 21.3 Å². The van der Waals surface area contributed by atoms with Gasteiger partial charge < -0.3 is 14.7 Å². The molecule has 0 N–H and O–H groups in total. The molecule has 0 saturated carbocycles. The Balaban J connectivity index is 0.000000162. The molecule has 0 radical (unpaired) electrons. The van der Waals surface area contributed by atoms with Crippen molar-refractivity contribution in [3.8, 4) is 5.75 Å². The van der Waals surface area contributed by atoms with Crippen LogP contribution in [0.1, 0.15) is 22.3 Å². The second kappa shape index (κ2) is 24.7. The Hall–Kier alpha value is -5.84. The standard InChI is InChI=1S/2C25H21BrP.C8H3BF6O3/c2*26-22-12-10-11-21(19-22)20-27(23-13-4-1-5-14-23,24-15-6-2-7-16-24)25-17-8-3-9-18-25;10-7(11,12)4-1-5(8(13,14)15)3-6(2-4)18-9(16)17/h2*1-19H,20H2;1-3H/q2*+1;-2. The lowest BCUT2D eigenvalue weighted by atomic mass is 10.1. The number of halogens is 8. The molecule has 0 saturated heterocycles. The first-order valence-electron chi connectivity index (χ1n) is 22.4. The summed E-state index contributed by atoms with van der Waals surface area (Å²) < 4.78 is 79.8. The topological polar surface area (TPSA) is 55.3 Å². The van der Waals surface area contributed by atoms with Gasteiger partial charge in [-0.2, -0.15) is 26.3 Å². The lowest BCUT2D eigenvalue weighted by Gasteiger charge is -2.28. The van der Waals surface area contributed by atoms with Crippen LogP contribution in [0.3, 0.4) is 0 Å². The zero-order valence-electron chi connectivity index (χ0n) is 38.3. The van der Waals surface area contributed by atoms with Crippen molar-refractivity contribution in [2.24, 2.45) is 0 Å². The molecule has 0 atom stereocenters. The van der Waals surface area contributed by atoms with Crippen LogP contribution in [0.2, 0.25) is 0 Å². The quantitative estimate of drug-likeness (QED) is 0.0696. The fourth-order valence-electron chi connectivity index (χ4n) is 8.46. The largest absolute Gasteiger partial charge is 0.860 e. The SMILES string of the molecule is Brc1cccc(C[P+](c2ccccc2)(c2ccccc2)c2ccccc2)c1.Brc1cccc(C[P+](c2ccccc2)(c2ccccc2)c2ccccc2)c1.[O-]B([O-])Oc1cc(C(F)(F)F)cc(C(F)(F)F)c1. The second-order valence-corrected chi connectivity index (χ2v) is 25.2. The molecule has 14 heteroatoms. The first kappa shape index (κ1) is 54.0. The number of hydrogen-bond donors (Lipinski definition) is 0. The first-order chi connectivity index (χ1) is 34.6. The highest BCUT2D eigenvalue weighted by molar-refractivity contribution is 9.10. The highest BCUT2D eigenvalue weighted by atomic mass is 79.9. The van der Waals surface area contributed by atoms with Crippen molar-refractivity contribution in [2.45, 2.75) is 24.7 Å². The molecule has 364 valence electrons. The van der Waals surface area contributed by atoms with E-state index in [9.17, 15) is 36.4 Å². The molecular weight excluding hydrogens is 1090 g/mol. The third-order valence-corrected chi connectivity index (χ3v) is 21.3. The summed E-state index contributed by atoms with van der Waals surface area (Å²) in [5.74, 6) is -1.08. The zero-order valence-corrected chi connectivity index (χ0v) is 43.3. The van der Waals surface area contributed by atoms with Gasteiger partial charge >= 0.3 is 12.4 Å². The van der Waals surface area contributed by atoms with Crippen molar-refractivity contribution in [1.82, 2.24) is 0 Å². The zero-order chi connectivity index (χ0) is 51.2. The van der Waals surface area contributed by atoms with Gasteiger partial charge in [-0.3, -0.25) is 0 Å². The Bertz CT molecular complexity index is 2690. The van der Waals surface area contributed by atoms with Crippen LogP contribution in [-0.2, 0) is 24.7 Å². The number of hydrogen-bond acceptors (Lipinski definition) is 3. The summed E-state index contributed by atoms with van der Waals surface area (Å²) in [5, 5.41) is 28.7. The van der Waals surface area contributed by atoms with Crippen molar-refractivity contribution < 1.29 is 41.0 Å². The van der Waals surface area contributed by atoms with Gasteiger partial charge in [0.15, 0.2) is 0 Å². The predicted octanol–water partition coefficient (Wildman–Crippen LogP) is 12.7. The predicted molar refractivity (Wildman–Crippen MR) is 289 cm³/mol. The average molecular weight is 1140 g/mol. The van der Waals surface area contributed by atoms with Gasteiger partial charge in [-0.05, 0) is 126 Å². The minimum absolute atomic E-state index is 0.141. The molecule has 0 bridgehead atoms. The van der Waals surface area contributed by atoms with E-state index < -0.39 is 51.1 Å². The van der Waals surface area contributed by atoms with Gasteiger partial charge in [0.2, 0.25) is 0 Å². The Morgan fingerprint density at radius 3 is 0.847 bits per heavy atom. The lowest BCUT2D eigenvalue weighted by molar-refractivity contribution is -0.372. The van der Waals surface area contributed by atoms with Gasteiger partial charge in [0.25, 0.3) is 0 Å². The normalized spacial score (nSPS) is 11.6. The van der Waals surface area contributed by atoms with Gasteiger partial charge in [0.1, 0.15) is 53.7 Å². The molecule has 0 aromatic heterocycles. The van der Waals surface area contributed by atoms with Gasteiger partial charge in [0, 0.05) is 8.95 Å². The molecular formula is C58H45BBr2F6O3P2. The smallest absolute Gasteiger partial charge is 0.416 e. The molecule has 0 aliphatic rings. The molecule has 0 fully saturated rings. The lowest BCUT2D eigenvalue weighted by Crippen LogP contribution is -2.50. The third kappa shape index (κ3) is 13.8. The fraction of sp³-hybridized carbons (Fsp3) is 0.0690. The molecule has 0 unspecified atom stereocenters.